The van der Waals surface area contributed by atoms with Gasteiger partial charge in [-0.15, -0.1) is 0 Å². The van der Waals surface area contributed by atoms with Crippen LogP contribution >= 0.6 is 0 Å². The van der Waals surface area contributed by atoms with Crippen LogP contribution in [0.2, 0.25) is 0 Å². The average molecular weight is 381 g/mol. The number of hydrogen-bond donors (Lipinski definition) is 2. The first-order valence-corrected chi connectivity index (χ1v) is 9.13. The second kappa shape index (κ2) is 8.12. The third kappa shape index (κ3) is 3.98. The number of hydrogen-bond acceptors (Lipinski definition) is 4. The van der Waals surface area contributed by atoms with Gasteiger partial charge in [-0.25, -0.2) is 0 Å². The van der Waals surface area contributed by atoms with Crippen molar-refractivity contribution in [2.24, 2.45) is 0 Å². The van der Waals surface area contributed by atoms with Crippen molar-refractivity contribution in [3.05, 3.63) is 47.5 Å². The third-order valence-electron chi connectivity index (χ3n) is 4.61. The van der Waals surface area contributed by atoms with E-state index in [1.54, 1.807) is 29.2 Å². The Kier molecular flexibility index (Phi) is 5.63. The first-order valence-electron chi connectivity index (χ1n) is 9.13. The Bertz CT molecular complexity index is 939. The minimum absolute atomic E-state index is 0.0791. The predicted octanol–water partition coefficient (Wildman–Crippen LogP) is 3.21. The Hall–Kier alpha value is -3.35. The van der Waals surface area contributed by atoms with Gasteiger partial charge in [-0.2, -0.15) is 0 Å². The SMILES string of the molecule is CCC(=O)N1CCc2cc(C(=O)Nc3cc(NC(C)=O)ccc3OC)ccc21. The van der Waals surface area contributed by atoms with E-state index in [0.29, 0.717) is 35.7 Å². The molecular weight excluding hydrogens is 358 g/mol. The third-order valence-corrected chi connectivity index (χ3v) is 4.61. The molecule has 0 unspecified atom stereocenters. The zero-order chi connectivity index (χ0) is 20.3. The van der Waals surface area contributed by atoms with Crippen LogP contribution in [-0.4, -0.2) is 31.4 Å². The molecule has 0 saturated heterocycles. The van der Waals surface area contributed by atoms with Crippen LogP contribution in [0.25, 0.3) is 0 Å². The predicted molar refractivity (Wildman–Crippen MR) is 108 cm³/mol. The number of methoxy groups -OCH3 is 1. The van der Waals surface area contributed by atoms with Crippen LogP contribution in [0.15, 0.2) is 36.4 Å². The number of ether oxygens (including phenoxy) is 1. The van der Waals surface area contributed by atoms with Crippen molar-refractivity contribution in [1.82, 2.24) is 0 Å². The molecule has 2 N–H and O–H groups in total. The van der Waals surface area contributed by atoms with Gasteiger partial charge in [0.1, 0.15) is 5.75 Å². The molecule has 7 nitrogen and oxygen atoms in total. The lowest BCUT2D eigenvalue weighted by atomic mass is 10.1. The van der Waals surface area contributed by atoms with Gasteiger partial charge in [-0.05, 0) is 48.4 Å². The van der Waals surface area contributed by atoms with E-state index in [9.17, 15) is 14.4 Å². The first kappa shape index (κ1) is 19.4. The molecule has 2 aromatic rings. The molecular formula is C21H23N3O4. The Labute approximate surface area is 163 Å². The van der Waals surface area contributed by atoms with Gasteiger partial charge < -0.3 is 20.3 Å². The van der Waals surface area contributed by atoms with Crippen LogP contribution in [0.4, 0.5) is 17.1 Å². The lowest BCUT2D eigenvalue weighted by Gasteiger charge is -2.16. The van der Waals surface area contributed by atoms with Crippen molar-refractivity contribution in [3.8, 4) is 5.75 Å². The van der Waals surface area contributed by atoms with E-state index in [0.717, 1.165) is 17.7 Å². The van der Waals surface area contributed by atoms with E-state index >= 15 is 0 Å². The zero-order valence-corrected chi connectivity index (χ0v) is 16.2. The number of carbonyl (C=O) groups excluding carboxylic acids is 3. The minimum atomic E-state index is -0.290. The molecule has 0 bridgehead atoms. The van der Waals surface area contributed by atoms with Gasteiger partial charge in [0.15, 0.2) is 0 Å². The smallest absolute Gasteiger partial charge is 0.255 e. The van der Waals surface area contributed by atoms with E-state index in [1.807, 2.05) is 19.1 Å². The maximum absolute atomic E-state index is 12.8. The highest BCUT2D eigenvalue weighted by atomic mass is 16.5. The summed E-state index contributed by atoms with van der Waals surface area (Å²) in [5.41, 5.74) is 3.37. The Morgan fingerprint density at radius 3 is 2.57 bits per heavy atom. The second-order valence-corrected chi connectivity index (χ2v) is 6.54. The molecule has 7 heteroatoms. The van der Waals surface area contributed by atoms with E-state index < -0.39 is 0 Å². The summed E-state index contributed by atoms with van der Waals surface area (Å²) in [6, 6.07) is 10.4. The summed E-state index contributed by atoms with van der Waals surface area (Å²) in [5.74, 6) is 0.0763. The molecule has 1 aliphatic heterocycles. The van der Waals surface area contributed by atoms with Crippen LogP contribution in [0, 0.1) is 0 Å². The number of rotatable bonds is 5. The van der Waals surface area contributed by atoms with E-state index in [1.165, 1.54) is 14.0 Å². The summed E-state index contributed by atoms with van der Waals surface area (Å²) in [6.07, 6.45) is 1.18. The molecule has 0 atom stereocenters. The highest BCUT2D eigenvalue weighted by molar-refractivity contribution is 6.06. The number of carbonyl (C=O) groups is 3. The summed E-state index contributed by atoms with van der Waals surface area (Å²) < 4.78 is 5.30. The summed E-state index contributed by atoms with van der Waals surface area (Å²) in [4.78, 5) is 37.8. The fourth-order valence-corrected chi connectivity index (χ4v) is 3.27. The monoisotopic (exact) mass is 381 g/mol. The van der Waals surface area contributed by atoms with Crippen LogP contribution in [-0.2, 0) is 16.0 Å². The van der Waals surface area contributed by atoms with Crippen molar-refractivity contribution >= 4 is 34.8 Å². The Balaban J connectivity index is 1.82. The van der Waals surface area contributed by atoms with Crippen molar-refractivity contribution in [2.75, 3.05) is 29.2 Å². The molecule has 0 saturated carbocycles. The van der Waals surface area contributed by atoms with Crippen molar-refractivity contribution < 1.29 is 19.1 Å². The van der Waals surface area contributed by atoms with Gasteiger partial charge in [0, 0.05) is 36.8 Å². The van der Waals surface area contributed by atoms with Gasteiger partial charge in [-0.1, -0.05) is 6.92 Å². The average Bonchev–Trinajstić information content (AvgIpc) is 3.10. The van der Waals surface area contributed by atoms with Gasteiger partial charge in [0.05, 0.1) is 12.8 Å². The van der Waals surface area contributed by atoms with Gasteiger partial charge in [0.2, 0.25) is 11.8 Å². The van der Waals surface area contributed by atoms with E-state index in [4.69, 9.17) is 4.74 Å². The molecule has 0 aliphatic carbocycles. The number of benzene rings is 2. The molecule has 1 heterocycles. The molecule has 2 aromatic carbocycles. The molecule has 0 aromatic heterocycles. The highest BCUT2D eigenvalue weighted by Crippen LogP contribution is 2.31. The lowest BCUT2D eigenvalue weighted by molar-refractivity contribution is -0.118. The zero-order valence-electron chi connectivity index (χ0n) is 16.2. The normalized spacial score (nSPS) is 12.3. The van der Waals surface area contributed by atoms with Crippen LogP contribution in [0.3, 0.4) is 0 Å². The molecule has 1 aliphatic rings. The lowest BCUT2D eigenvalue weighted by Crippen LogP contribution is -2.27. The highest BCUT2D eigenvalue weighted by Gasteiger charge is 2.24. The Morgan fingerprint density at radius 1 is 1.11 bits per heavy atom. The van der Waals surface area contributed by atoms with Crippen molar-refractivity contribution in [1.29, 1.82) is 0 Å². The topological polar surface area (TPSA) is 87.7 Å². The standard InChI is InChI=1S/C21H23N3O4/c1-4-20(26)24-10-9-14-11-15(5-7-18(14)24)21(27)23-17-12-16(22-13(2)25)6-8-19(17)28-3/h5-8,11-12H,4,9-10H2,1-3H3,(H,22,25)(H,23,27). The molecule has 0 radical (unpaired) electrons. The largest absolute Gasteiger partial charge is 0.495 e. The number of nitrogens with zero attached hydrogens (tertiary/aromatic N) is 1. The number of fused-ring (bicyclic) bond motifs is 1. The fraction of sp³-hybridized carbons (Fsp3) is 0.286. The van der Waals surface area contributed by atoms with Crippen LogP contribution in [0.1, 0.15) is 36.2 Å². The summed E-state index contributed by atoms with van der Waals surface area (Å²) in [7, 11) is 1.51. The molecule has 3 rings (SSSR count). The summed E-state index contributed by atoms with van der Waals surface area (Å²) >= 11 is 0. The Morgan fingerprint density at radius 2 is 1.89 bits per heavy atom. The van der Waals surface area contributed by atoms with Gasteiger partial charge >= 0.3 is 0 Å². The van der Waals surface area contributed by atoms with Crippen LogP contribution < -0.4 is 20.3 Å². The molecule has 28 heavy (non-hydrogen) atoms. The first-order chi connectivity index (χ1) is 13.4. The van der Waals surface area contributed by atoms with Crippen LogP contribution in [0.5, 0.6) is 5.75 Å². The molecule has 3 amide bonds. The number of anilines is 3. The minimum Gasteiger partial charge on any atom is -0.495 e. The van der Waals surface area contributed by atoms with Crippen molar-refractivity contribution in [2.45, 2.75) is 26.7 Å². The van der Waals surface area contributed by atoms with Gasteiger partial charge in [0.25, 0.3) is 5.91 Å². The second-order valence-electron chi connectivity index (χ2n) is 6.54. The summed E-state index contributed by atoms with van der Waals surface area (Å²) in [5, 5.41) is 5.51. The van der Waals surface area contributed by atoms with Crippen molar-refractivity contribution in [3.63, 3.8) is 0 Å². The maximum atomic E-state index is 12.8. The fourth-order valence-electron chi connectivity index (χ4n) is 3.27. The number of nitrogens with one attached hydrogen (secondary N) is 2. The maximum Gasteiger partial charge on any atom is 0.255 e. The van der Waals surface area contributed by atoms with Gasteiger partial charge in [-0.3, -0.25) is 14.4 Å². The molecule has 0 spiro atoms. The molecule has 146 valence electrons. The quantitative estimate of drug-likeness (QED) is 0.833. The van der Waals surface area contributed by atoms with E-state index in [2.05, 4.69) is 10.6 Å². The number of amides is 3. The van der Waals surface area contributed by atoms with E-state index in [-0.39, 0.29) is 17.7 Å². The molecule has 0 fully saturated rings. The summed E-state index contributed by atoms with van der Waals surface area (Å²) in [6.45, 7) is 3.89.